The zero-order valence-corrected chi connectivity index (χ0v) is 22.5. The number of hydrogen-bond acceptors (Lipinski definition) is 3. The summed E-state index contributed by atoms with van der Waals surface area (Å²) in [6.45, 7) is 0. The van der Waals surface area contributed by atoms with Crippen molar-refractivity contribution >= 4 is 89.7 Å². The van der Waals surface area contributed by atoms with Crippen LogP contribution < -0.4 is 4.74 Å². The maximum absolute atomic E-state index is 13.2. The Morgan fingerprint density at radius 1 is 1.00 bits per heavy atom. The van der Waals surface area contributed by atoms with Gasteiger partial charge in [0.15, 0.2) is 0 Å². The second-order valence-corrected chi connectivity index (χ2v) is 10.6. The summed E-state index contributed by atoms with van der Waals surface area (Å²) in [5.74, 6) is 0.259. The zero-order valence-electron chi connectivity index (χ0n) is 14.4. The number of rotatable bonds is 5. The van der Waals surface area contributed by atoms with Gasteiger partial charge in [-0.15, -0.1) is 0 Å². The topological polar surface area (TPSA) is 35.5 Å². The van der Waals surface area contributed by atoms with Gasteiger partial charge in [0.1, 0.15) is 22.4 Å². The van der Waals surface area contributed by atoms with Gasteiger partial charge in [-0.3, -0.25) is 0 Å². The molecular weight excluding hydrogens is 749 g/mol. The van der Waals surface area contributed by atoms with E-state index in [-0.39, 0.29) is 5.97 Å². The third-order valence-electron chi connectivity index (χ3n) is 4.75. The second-order valence-electron chi connectivity index (χ2n) is 6.47. The minimum atomic E-state index is -0.557. The molecule has 0 unspecified atom stereocenters. The summed E-state index contributed by atoms with van der Waals surface area (Å²) in [5, 5.41) is 0. The lowest BCUT2D eigenvalue weighted by Gasteiger charge is -2.37. The van der Waals surface area contributed by atoms with E-state index in [0.29, 0.717) is 16.8 Å². The van der Waals surface area contributed by atoms with Crippen LogP contribution in [-0.4, -0.2) is 11.5 Å². The van der Waals surface area contributed by atoms with Crippen molar-refractivity contribution in [1.29, 1.82) is 0 Å². The van der Waals surface area contributed by atoms with Crippen LogP contribution in [0.2, 0.25) is 0 Å². The van der Waals surface area contributed by atoms with Crippen molar-refractivity contribution in [2.24, 2.45) is 0 Å². The van der Waals surface area contributed by atoms with Crippen LogP contribution in [0.25, 0.3) is 0 Å². The molecule has 2 aromatic carbocycles. The van der Waals surface area contributed by atoms with Crippen molar-refractivity contribution in [3.8, 4) is 5.75 Å². The quantitative estimate of drug-likeness (QED) is 0.183. The van der Waals surface area contributed by atoms with Gasteiger partial charge < -0.3 is 9.47 Å². The first-order valence-corrected chi connectivity index (χ1v) is 13.0. The van der Waals surface area contributed by atoms with Gasteiger partial charge in [-0.1, -0.05) is 18.6 Å². The van der Waals surface area contributed by atoms with Gasteiger partial charge in [0, 0.05) is 7.14 Å². The highest BCUT2D eigenvalue weighted by atomic mass is 127. The van der Waals surface area contributed by atoms with Crippen LogP contribution in [0.15, 0.2) is 36.4 Å². The van der Waals surface area contributed by atoms with E-state index in [1.165, 1.54) is 9.99 Å². The van der Waals surface area contributed by atoms with Gasteiger partial charge in [0.25, 0.3) is 0 Å². The van der Waals surface area contributed by atoms with Crippen molar-refractivity contribution in [2.75, 3.05) is 5.52 Å². The van der Waals surface area contributed by atoms with Crippen molar-refractivity contribution in [3.63, 3.8) is 0 Å². The average molecular weight is 767 g/mol. The van der Waals surface area contributed by atoms with Crippen molar-refractivity contribution in [3.05, 3.63) is 58.2 Å². The Morgan fingerprint density at radius 3 is 2.30 bits per heavy atom. The lowest BCUT2D eigenvalue weighted by Crippen LogP contribution is -2.35. The fraction of sp³-hybridized carbons (Fsp3) is 0.350. The van der Waals surface area contributed by atoms with Gasteiger partial charge >= 0.3 is 5.97 Å². The van der Waals surface area contributed by atoms with E-state index in [9.17, 15) is 4.79 Å². The number of ether oxygens (including phenoxy) is 2. The molecule has 144 valence electrons. The third-order valence-corrected chi connectivity index (χ3v) is 7.12. The molecule has 0 saturated heterocycles. The minimum Gasteiger partial charge on any atom is -0.480 e. The smallest absolute Gasteiger partial charge is 0.342 e. The molecule has 27 heavy (non-hydrogen) atoms. The second kappa shape index (κ2) is 9.92. The largest absolute Gasteiger partial charge is 0.480 e. The summed E-state index contributed by atoms with van der Waals surface area (Å²) in [7, 11) is 0. The molecule has 0 aromatic heterocycles. The van der Waals surface area contributed by atoms with E-state index in [2.05, 4.69) is 108 Å². The predicted molar refractivity (Wildman–Crippen MR) is 136 cm³/mol. The minimum absolute atomic E-state index is 0.317. The molecule has 3 rings (SSSR count). The molecule has 0 atom stereocenters. The monoisotopic (exact) mass is 766 g/mol. The highest BCUT2D eigenvalue weighted by Crippen LogP contribution is 2.42. The Balaban J connectivity index is 1.97. The van der Waals surface area contributed by atoms with Crippen LogP contribution in [0.4, 0.5) is 0 Å². The average Bonchev–Trinajstić information content (AvgIpc) is 2.65. The van der Waals surface area contributed by atoms with E-state index in [1.54, 1.807) is 0 Å². The molecule has 0 heterocycles. The van der Waals surface area contributed by atoms with Crippen molar-refractivity contribution in [1.82, 2.24) is 0 Å². The standard InChI is InChI=1S/C20H18BrI3O3/c21-12-26-18-16(10-15(23)11-17(18)24)19(25)27-20(8-2-1-3-9-20)13-4-6-14(22)7-5-13/h4-7,10-11H,1-3,8-9,12H2. The SMILES string of the molecule is O=C(OC1(c2ccc(I)cc2)CCCCC1)c1cc(I)cc(I)c1OCBr. The number of carbonyl (C=O) groups is 1. The maximum atomic E-state index is 13.2. The van der Waals surface area contributed by atoms with Gasteiger partial charge in [-0.05, 0) is 139 Å². The number of alkyl halides is 1. The van der Waals surface area contributed by atoms with Gasteiger partial charge in [-0.25, -0.2) is 4.79 Å². The molecule has 0 aliphatic heterocycles. The molecule has 0 N–H and O–H groups in total. The number of esters is 1. The zero-order chi connectivity index (χ0) is 19.4. The highest BCUT2D eigenvalue weighted by molar-refractivity contribution is 14.1. The summed E-state index contributed by atoms with van der Waals surface area (Å²) >= 11 is 10.0. The van der Waals surface area contributed by atoms with Crippen LogP contribution in [0.1, 0.15) is 48.0 Å². The molecule has 1 fully saturated rings. The molecule has 0 amide bonds. The van der Waals surface area contributed by atoms with Gasteiger partial charge in [0.2, 0.25) is 0 Å². The Kier molecular flexibility index (Phi) is 8.11. The fourth-order valence-corrected chi connectivity index (χ4v) is 6.06. The van der Waals surface area contributed by atoms with E-state index < -0.39 is 5.60 Å². The number of carbonyl (C=O) groups excluding carboxylic acids is 1. The summed E-state index contributed by atoms with van der Waals surface area (Å²) in [6.07, 6.45) is 5.02. The molecule has 3 nitrogen and oxygen atoms in total. The summed E-state index contributed by atoms with van der Waals surface area (Å²) in [5.41, 5.74) is 1.34. The lowest BCUT2D eigenvalue weighted by atomic mass is 9.79. The molecule has 1 saturated carbocycles. The van der Waals surface area contributed by atoms with Gasteiger partial charge in [-0.2, -0.15) is 0 Å². The number of benzene rings is 2. The lowest BCUT2D eigenvalue weighted by molar-refractivity contribution is -0.0419. The predicted octanol–water partition coefficient (Wildman–Crippen LogP) is 7.25. The Bertz CT molecular complexity index is 818. The maximum Gasteiger partial charge on any atom is 0.342 e. The first kappa shape index (κ1) is 22.1. The van der Waals surface area contributed by atoms with Crippen LogP contribution in [0, 0.1) is 10.7 Å². The normalized spacial score (nSPS) is 16.0. The van der Waals surface area contributed by atoms with E-state index in [1.807, 2.05) is 12.1 Å². The summed E-state index contributed by atoms with van der Waals surface area (Å²) in [6, 6.07) is 12.2. The Hall–Kier alpha value is 0.380. The molecule has 2 aromatic rings. The number of hydrogen-bond donors (Lipinski definition) is 0. The van der Waals surface area contributed by atoms with E-state index in [0.717, 1.165) is 38.4 Å². The van der Waals surface area contributed by atoms with Crippen molar-refractivity contribution < 1.29 is 14.3 Å². The van der Waals surface area contributed by atoms with Crippen LogP contribution in [0.5, 0.6) is 5.75 Å². The Morgan fingerprint density at radius 2 is 1.67 bits per heavy atom. The first-order chi connectivity index (χ1) is 12.9. The van der Waals surface area contributed by atoms with Crippen LogP contribution in [-0.2, 0) is 10.3 Å². The summed E-state index contributed by atoms with van der Waals surface area (Å²) < 4.78 is 15.0. The molecule has 1 aliphatic carbocycles. The molecule has 7 heteroatoms. The Labute approximate surface area is 208 Å². The fourth-order valence-electron chi connectivity index (χ4n) is 3.47. The van der Waals surface area contributed by atoms with Gasteiger partial charge in [0.05, 0.1) is 3.57 Å². The first-order valence-electron chi connectivity index (χ1n) is 8.62. The molecular formula is C20H18BrI3O3. The van der Waals surface area contributed by atoms with Crippen molar-refractivity contribution in [2.45, 2.75) is 37.7 Å². The summed E-state index contributed by atoms with van der Waals surface area (Å²) in [4.78, 5) is 13.2. The molecule has 0 radical (unpaired) electrons. The van der Waals surface area contributed by atoms with E-state index >= 15 is 0 Å². The molecule has 1 aliphatic rings. The van der Waals surface area contributed by atoms with Crippen LogP contribution >= 0.6 is 83.7 Å². The molecule has 0 bridgehead atoms. The number of halogens is 4. The molecule has 0 spiro atoms. The third kappa shape index (κ3) is 5.30. The van der Waals surface area contributed by atoms with Crippen LogP contribution in [0.3, 0.4) is 0 Å². The highest BCUT2D eigenvalue weighted by Gasteiger charge is 2.38. The van der Waals surface area contributed by atoms with E-state index in [4.69, 9.17) is 9.47 Å².